The van der Waals surface area contributed by atoms with Crippen molar-refractivity contribution in [1.82, 2.24) is 5.43 Å². The quantitative estimate of drug-likeness (QED) is 0.515. The average molecular weight is 323 g/mol. The van der Waals surface area contributed by atoms with Crippen molar-refractivity contribution in [2.24, 2.45) is 5.10 Å². The highest BCUT2D eigenvalue weighted by Gasteiger charge is 2.13. The lowest BCUT2D eigenvalue weighted by atomic mass is 10.1. The number of hydrogen-bond donors (Lipinski definition) is 2. The van der Waals surface area contributed by atoms with Gasteiger partial charge in [-0.1, -0.05) is 54.4 Å². The molecule has 5 nitrogen and oxygen atoms in total. The Morgan fingerprint density at radius 3 is 1.96 bits per heavy atom. The third-order valence-electron chi connectivity index (χ3n) is 3.53. The fraction of sp³-hybridized carbons (Fsp3) is 0.211. The summed E-state index contributed by atoms with van der Waals surface area (Å²) in [6.45, 7) is 5.89. The molecule has 2 rings (SSSR count). The van der Waals surface area contributed by atoms with Gasteiger partial charge < -0.3 is 5.32 Å². The molecule has 0 aliphatic carbocycles. The van der Waals surface area contributed by atoms with Crippen LogP contribution in [-0.2, 0) is 9.59 Å². The second-order valence-corrected chi connectivity index (χ2v) is 5.54. The van der Waals surface area contributed by atoms with Crippen LogP contribution >= 0.6 is 0 Å². The molecule has 0 aliphatic heterocycles. The number of hydrogen-bond acceptors (Lipinski definition) is 3. The Kier molecular flexibility index (Phi) is 5.84. The van der Waals surface area contributed by atoms with Gasteiger partial charge in [-0.2, -0.15) is 5.10 Å². The zero-order valence-electron chi connectivity index (χ0n) is 14.1. The number of carbonyl (C=O) groups is 2. The predicted octanol–water partition coefficient (Wildman–Crippen LogP) is 3.17. The van der Waals surface area contributed by atoms with Crippen LogP contribution in [0.1, 0.15) is 30.0 Å². The number of rotatable bonds is 4. The lowest BCUT2D eigenvalue weighted by Gasteiger charge is -2.07. The van der Waals surface area contributed by atoms with Crippen LogP contribution in [-0.4, -0.2) is 17.5 Å². The van der Waals surface area contributed by atoms with Crippen molar-refractivity contribution < 1.29 is 9.59 Å². The lowest BCUT2D eigenvalue weighted by Crippen LogP contribution is -2.33. The first-order valence-corrected chi connectivity index (χ1v) is 7.81. The predicted molar refractivity (Wildman–Crippen MR) is 96.0 cm³/mol. The molecular formula is C19H21N3O2. The van der Waals surface area contributed by atoms with E-state index < -0.39 is 11.8 Å². The van der Waals surface area contributed by atoms with E-state index in [0.29, 0.717) is 17.8 Å². The number of nitrogens with zero attached hydrogens (tertiary/aromatic N) is 1. The number of nitrogens with one attached hydrogen (secondary N) is 2. The Morgan fingerprint density at radius 2 is 1.42 bits per heavy atom. The molecule has 0 atom stereocenters. The van der Waals surface area contributed by atoms with Crippen molar-refractivity contribution in [3.05, 3.63) is 65.2 Å². The number of aryl methyl sites for hydroxylation is 2. The van der Waals surface area contributed by atoms with Gasteiger partial charge in [0.25, 0.3) is 0 Å². The van der Waals surface area contributed by atoms with Crippen LogP contribution in [0.4, 0.5) is 5.69 Å². The van der Waals surface area contributed by atoms with Gasteiger partial charge in [0, 0.05) is 5.69 Å². The highest BCUT2D eigenvalue weighted by molar-refractivity contribution is 6.39. The molecule has 24 heavy (non-hydrogen) atoms. The van der Waals surface area contributed by atoms with E-state index in [9.17, 15) is 9.59 Å². The van der Waals surface area contributed by atoms with E-state index >= 15 is 0 Å². The largest absolute Gasteiger partial charge is 0.329 e. The first kappa shape index (κ1) is 17.4. The fourth-order valence-corrected chi connectivity index (χ4v) is 2.09. The van der Waals surface area contributed by atoms with E-state index in [-0.39, 0.29) is 0 Å². The third kappa shape index (κ3) is 4.78. The van der Waals surface area contributed by atoms with Crippen LogP contribution in [0.2, 0.25) is 0 Å². The zero-order chi connectivity index (χ0) is 17.5. The van der Waals surface area contributed by atoms with Crippen molar-refractivity contribution in [1.29, 1.82) is 0 Å². The molecule has 0 radical (unpaired) electrons. The molecule has 0 heterocycles. The Labute approximate surface area is 141 Å². The maximum Gasteiger partial charge on any atom is 0.329 e. The van der Waals surface area contributed by atoms with Crippen molar-refractivity contribution in [3.63, 3.8) is 0 Å². The smallest absolute Gasteiger partial charge is 0.318 e. The molecule has 2 N–H and O–H groups in total. The Balaban J connectivity index is 2.00. The van der Waals surface area contributed by atoms with Gasteiger partial charge in [-0.15, -0.1) is 0 Å². The minimum absolute atomic E-state index is 0.568. The van der Waals surface area contributed by atoms with Gasteiger partial charge in [-0.25, -0.2) is 5.43 Å². The average Bonchev–Trinajstić information content (AvgIpc) is 2.58. The summed E-state index contributed by atoms with van der Waals surface area (Å²) >= 11 is 0. The summed E-state index contributed by atoms with van der Waals surface area (Å²) in [5.41, 5.74) is 6.74. The first-order chi connectivity index (χ1) is 11.5. The molecule has 2 aromatic rings. The van der Waals surface area contributed by atoms with Gasteiger partial charge >= 0.3 is 11.8 Å². The standard InChI is InChI=1S/C19H21N3O2/c1-4-17(15-9-5-13(2)6-10-15)21-22-19(24)18(23)20-16-11-7-14(3)8-12-16/h5-12H,4H2,1-3H3,(H,20,23)(H,22,24)/b21-17-. The molecule has 5 heteroatoms. The molecule has 0 spiro atoms. The molecule has 124 valence electrons. The Bertz CT molecular complexity index is 747. The van der Waals surface area contributed by atoms with E-state index in [1.807, 2.05) is 57.2 Å². The summed E-state index contributed by atoms with van der Waals surface area (Å²) in [5.74, 6) is -1.55. The lowest BCUT2D eigenvalue weighted by molar-refractivity contribution is -0.136. The van der Waals surface area contributed by atoms with E-state index in [0.717, 1.165) is 16.7 Å². The third-order valence-corrected chi connectivity index (χ3v) is 3.53. The molecule has 0 aliphatic rings. The Hall–Kier alpha value is -2.95. The number of benzene rings is 2. The number of carbonyl (C=O) groups excluding carboxylic acids is 2. The number of hydrazone groups is 1. The summed E-state index contributed by atoms with van der Waals surface area (Å²) < 4.78 is 0. The summed E-state index contributed by atoms with van der Waals surface area (Å²) in [6, 6.07) is 15.0. The van der Waals surface area contributed by atoms with Crippen molar-refractivity contribution in [3.8, 4) is 0 Å². The van der Waals surface area contributed by atoms with Crippen molar-refractivity contribution in [2.45, 2.75) is 27.2 Å². The zero-order valence-corrected chi connectivity index (χ0v) is 14.1. The molecule has 0 bridgehead atoms. The van der Waals surface area contributed by atoms with Crippen LogP contribution < -0.4 is 10.7 Å². The minimum atomic E-state index is -0.798. The number of anilines is 1. The van der Waals surface area contributed by atoms with Gasteiger partial charge in [0.2, 0.25) is 0 Å². The van der Waals surface area contributed by atoms with Gasteiger partial charge in [0.1, 0.15) is 0 Å². The Morgan fingerprint density at radius 1 is 0.875 bits per heavy atom. The SMILES string of the molecule is CC/C(=N/NC(=O)C(=O)Nc1ccc(C)cc1)c1ccc(C)cc1. The van der Waals surface area contributed by atoms with Crippen LogP contribution in [0.3, 0.4) is 0 Å². The molecule has 0 unspecified atom stereocenters. The summed E-state index contributed by atoms with van der Waals surface area (Å²) in [5, 5.41) is 6.61. The first-order valence-electron chi connectivity index (χ1n) is 7.81. The maximum absolute atomic E-state index is 11.9. The van der Waals surface area contributed by atoms with E-state index in [1.54, 1.807) is 12.1 Å². The van der Waals surface area contributed by atoms with Crippen LogP contribution in [0.25, 0.3) is 0 Å². The molecule has 0 fully saturated rings. The van der Waals surface area contributed by atoms with Crippen LogP contribution in [0.5, 0.6) is 0 Å². The maximum atomic E-state index is 11.9. The highest BCUT2D eigenvalue weighted by Crippen LogP contribution is 2.09. The van der Waals surface area contributed by atoms with Crippen LogP contribution in [0, 0.1) is 13.8 Å². The molecule has 0 saturated heterocycles. The van der Waals surface area contributed by atoms with E-state index in [2.05, 4.69) is 15.8 Å². The molecule has 2 aromatic carbocycles. The normalized spacial score (nSPS) is 11.0. The molecule has 0 saturated carbocycles. The summed E-state index contributed by atoms with van der Waals surface area (Å²) in [4.78, 5) is 23.8. The van der Waals surface area contributed by atoms with Crippen LogP contribution in [0.15, 0.2) is 53.6 Å². The minimum Gasteiger partial charge on any atom is -0.318 e. The molecule has 0 aromatic heterocycles. The van der Waals surface area contributed by atoms with Crippen molar-refractivity contribution >= 4 is 23.2 Å². The molecule has 2 amide bonds. The second-order valence-electron chi connectivity index (χ2n) is 5.54. The van der Waals surface area contributed by atoms with E-state index in [1.165, 1.54) is 0 Å². The van der Waals surface area contributed by atoms with E-state index in [4.69, 9.17) is 0 Å². The molecular weight excluding hydrogens is 302 g/mol. The summed E-state index contributed by atoms with van der Waals surface area (Å²) in [7, 11) is 0. The van der Waals surface area contributed by atoms with Gasteiger partial charge in [-0.05, 0) is 38.0 Å². The van der Waals surface area contributed by atoms with Gasteiger partial charge in [0.15, 0.2) is 0 Å². The van der Waals surface area contributed by atoms with Gasteiger partial charge in [-0.3, -0.25) is 9.59 Å². The topological polar surface area (TPSA) is 70.6 Å². The summed E-state index contributed by atoms with van der Waals surface area (Å²) in [6.07, 6.45) is 0.642. The number of amides is 2. The fourth-order valence-electron chi connectivity index (χ4n) is 2.09. The van der Waals surface area contributed by atoms with Crippen molar-refractivity contribution in [2.75, 3.05) is 5.32 Å². The van der Waals surface area contributed by atoms with Gasteiger partial charge in [0.05, 0.1) is 5.71 Å². The second kappa shape index (κ2) is 8.06. The monoisotopic (exact) mass is 323 g/mol. The highest BCUT2D eigenvalue weighted by atomic mass is 16.2.